The van der Waals surface area contributed by atoms with E-state index in [-0.39, 0.29) is 17.6 Å². The van der Waals surface area contributed by atoms with Gasteiger partial charge < -0.3 is 10.1 Å². The molecule has 0 aliphatic heterocycles. The summed E-state index contributed by atoms with van der Waals surface area (Å²) in [7, 11) is 3.24. The van der Waals surface area contributed by atoms with E-state index in [0.717, 1.165) is 11.1 Å². The molecule has 2 rings (SSSR count). The highest BCUT2D eigenvalue weighted by Gasteiger charge is 2.15. The third-order valence-corrected chi connectivity index (χ3v) is 4.27. The van der Waals surface area contributed by atoms with E-state index < -0.39 is 5.82 Å². The van der Waals surface area contributed by atoms with Gasteiger partial charge in [-0.15, -0.1) is 0 Å². The summed E-state index contributed by atoms with van der Waals surface area (Å²) in [5.41, 5.74) is 1.73. The van der Waals surface area contributed by atoms with Gasteiger partial charge in [0.1, 0.15) is 5.82 Å². The van der Waals surface area contributed by atoms with E-state index in [4.69, 9.17) is 4.74 Å². The molecule has 0 radical (unpaired) electrons. The predicted octanol–water partition coefficient (Wildman–Crippen LogP) is 4.24. The zero-order chi connectivity index (χ0) is 15.4. The Kier molecular flexibility index (Phi) is 5.31. The van der Waals surface area contributed by atoms with Crippen LogP contribution in [0.1, 0.15) is 17.2 Å². The molecule has 1 atom stereocenters. The van der Waals surface area contributed by atoms with E-state index in [1.54, 1.807) is 18.2 Å². The Balaban J connectivity index is 2.30. The molecule has 1 N–H and O–H groups in total. The molecule has 0 spiro atoms. The first-order valence-electron chi connectivity index (χ1n) is 6.50. The van der Waals surface area contributed by atoms with Crippen molar-refractivity contribution in [2.45, 2.75) is 12.5 Å². The number of halogens is 3. The van der Waals surface area contributed by atoms with Crippen LogP contribution in [0.3, 0.4) is 0 Å². The topological polar surface area (TPSA) is 21.3 Å². The smallest absolute Gasteiger partial charge is 0.165 e. The van der Waals surface area contributed by atoms with Crippen LogP contribution in [0.25, 0.3) is 0 Å². The highest BCUT2D eigenvalue weighted by atomic mass is 79.9. The second kappa shape index (κ2) is 7.00. The first-order chi connectivity index (χ1) is 10.1. The highest BCUT2D eigenvalue weighted by molar-refractivity contribution is 9.10. The minimum Gasteiger partial charge on any atom is -0.494 e. The van der Waals surface area contributed by atoms with Crippen molar-refractivity contribution in [2.75, 3.05) is 14.2 Å². The number of benzene rings is 2. The van der Waals surface area contributed by atoms with Crippen molar-refractivity contribution in [1.82, 2.24) is 5.32 Å². The molecule has 0 aliphatic rings. The Morgan fingerprint density at radius 1 is 1.19 bits per heavy atom. The minimum atomic E-state index is -0.400. The molecule has 0 aliphatic carbocycles. The lowest BCUT2D eigenvalue weighted by Gasteiger charge is -2.18. The Morgan fingerprint density at radius 3 is 2.62 bits per heavy atom. The zero-order valence-electron chi connectivity index (χ0n) is 11.8. The van der Waals surface area contributed by atoms with Crippen molar-refractivity contribution >= 4 is 15.9 Å². The first kappa shape index (κ1) is 15.9. The number of likely N-dealkylation sites (N-methyl/N-ethyl adjacent to an activating group) is 1. The summed E-state index contributed by atoms with van der Waals surface area (Å²) in [6, 6.07) is 9.60. The molecule has 2 nitrogen and oxygen atoms in total. The average Bonchev–Trinajstić information content (AvgIpc) is 2.49. The number of hydrogen-bond acceptors (Lipinski definition) is 2. The Hall–Kier alpha value is -1.46. The van der Waals surface area contributed by atoms with E-state index in [0.29, 0.717) is 10.9 Å². The molecule has 0 aromatic heterocycles. The van der Waals surface area contributed by atoms with Crippen molar-refractivity contribution in [1.29, 1.82) is 0 Å². The van der Waals surface area contributed by atoms with E-state index >= 15 is 0 Å². The second-order valence-corrected chi connectivity index (χ2v) is 5.45. The summed E-state index contributed by atoms with van der Waals surface area (Å²) in [5.74, 6) is -0.492. The lowest BCUT2D eigenvalue weighted by atomic mass is 9.98. The van der Waals surface area contributed by atoms with Crippen LogP contribution in [0.2, 0.25) is 0 Å². The van der Waals surface area contributed by atoms with Crippen molar-refractivity contribution in [3.8, 4) is 5.75 Å². The molecule has 5 heteroatoms. The summed E-state index contributed by atoms with van der Waals surface area (Å²) >= 11 is 3.26. The number of rotatable bonds is 5. The van der Waals surface area contributed by atoms with Gasteiger partial charge >= 0.3 is 0 Å². The van der Waals surface area contributed by atoms with Gasteiger partial charge in [0.2, 0.25) is 0 Å². The van der Waals surface area contributed by atoms with Crippen molar-refractivity contribution in [3.05, 3.63) is 63.6 Å². The second-order valence-electron chi connectivity index (χ2n) is 4.65. The van der Waals surface area contributed by atoms with Gasteiger partial charge in [-0.1, -0.05) is 18.2 Å². The molecule has 0 saturated heterocycles. The lowest BCUT2D eigenvalue weighted by Crippen LogP contribution is -2.19. The molecular formula is C16H16BrF2NO. The Bertz CT molecular complexity index is 634. The third-order valence-electron chi connectivity index (χ3n) is 3.38. The molecular weight excluding hydrogens is 340 g/mol. The maximum Gasteiger partial charge on any atom is 0.165 e. The fourth-order valence-corrected chi connectivity index (χ4v) is 2.63. The zero-order valence-corrected chi connectivity index (χ0v) is 13.4. The van der Waals surface area contributed by atoms with Crippen LogP contribution >= 0.6 is 15.9 Å². The summed E-state index contributed by atoms with van der Waals surface area (Å²) < 4.78 is 32.5. The molecule has 0 saturated carbocycles. The average molecular weight is 356 g/mol. The van der Waals surface area contributed by atoms with Crippen molar-refractivity contribution < 1.29 is 13.5 Å². The fraction of sp³-hybridized carbons (Fsp3) is 0.250. The normalized spacial score (nSPS) is 12.2. The fourth-order valence-electron chi connectivity index (χ4n) is 2.21. The highest BCUT2D eigenvalue weighted by Crippen LogP contribution is 2.28. The van der Waals surface area contributed by atoms with Crippen molar-refractivity contribution in [3.63, 3.8) is 0 Å². The van der Waals surface area contributed by atoms with Gasteiger partial charge in [0.15, 0.2) is 11.6 Å². The summed E-state index contributed by atoms with van der Waals surface area (Å²) in [4.78, 5) is 0. The summed E-state index contributed by atoms with van der Waals surface area (Å²) in [6.07, 6.45) is 0.573. The Labute approximate surface area is 131 Å². The van der Waals surface area contributed by atoms with Gasteiger partial charge in [0.25, 0.3) is 0 Å². The molecule has 0 heterocycles. The lowest BCUT2D eigenvalue weighted by molar-refractivity contribution is 0.385. The van der Waals surface area contributed by atoms with Crippen LogP contribution in [0.15, 0.2) is 40.9 Å². The molecule has 0 fully saturated rings. The van der Waals surface area contributed by atoms with Crippen LogP contribution in [0, 0.1) is 11.6 Å². The van der Waals surface area contributed by atoms with Crippen LogP contribution in [0.4, 0.5) is 8.78 Å². The molecule has 21 heavy (non-hydrogen) atoms. The van der Waals surface area contributed by atoms with Gasteiger partial charge in [-0.2, -0.15) is 0 Å². The SMILES string of the molecule is CNC(Cc1cccc(F)c1Br)c1ccc(F)c(OC)c1. The van der Waals surface area contributed by atoms with Gasteiger partial charge in [0, 0.05) is 6.04 Å². The van der Waals surface area contributed by atoms with E-state index in [1.165, 1.54) is 19.2 Å². The number of nitrogens with one attached hydrogen (secondary N) is 1. The van der Waals surface area contributed by atoms with E-state index in [2.05, 4.69) is 21.2 Å². The van der Waals surface area contributed by atoms with Gasteiger partial charge in [0.05, 0.1) is 11.6 Å². The molecule has 0 amide bonds. The van der Waals surface area contributed by atoms with Gasteiger partial charge in [-0.25, -0.2) is 8.78 Å². The molecule has 2 aromatic carbocycles. The summed E-state index contributed by atoms with van der Waals surface area (Å²) in [6.45, 7) is 0. The standard InChI is InChI=1S/C16H16BrF2NO/c1-20-14(8-11-4-3-5-13(19)16(11)17)10-6-7-12(18)15(9-10)21-2/h3-7,9,14,20H,8H2,1-2H3. The van der Waals surface area contributed by atoms with Crippen molar-refractivity contribution in [2.24, 2.45) is 0 Å². The van der Waals surface area contributed by atoms with E-state index in [9.17, 15) is 8.78 Å². The number of methoxy groups -OCH3 is 1. The number of hydrogen-bond donors (Lipinski definition) is 1. The monoisotopic (exact) mass is 355 g/mol. The van der Waals surface area contributed by atoms with Crippen LogP contribution in [0.5, 0.6) is 5.75 Å². The molecule has 2 aromatic rings. The number of ether oxygens (including phenoxy) is 1. The largest absolute Gasteiger partial charge is 0.494 e. The third kappa shape index (κ3) is 3.60. The Morgan fingerprint density at radius 2 is 1.95 bits per heavy atom. The molecule has 1 unspecified atom stereocenters. The molecule has 112 valence electrons. The van der Waals surface area contributed by atoms with Crippen LogP contribution < -0.4 is 10.1 Å². The minimum absolute atomic E-state index is 0.0717. The van der Waals surface area contributed by atoms with Crippen LogP contribution in [-0.2, 0) is 6.42 Å². The first-order valence-corrected chi connectivity index (χ1v) is 7.29. The predicted molar refractivity (Wildman–Crippen MR) is 82.6 cm³/mol. The maximum absolute atomic E-state index is 13.6. The van der Waals surface area contributed by atoms with Gasteiger partial charge in [-0.05, 0) is 58.7 Å². The van der Waals surface area contributed by atoms with Gasteiger partial charge in [-0.3, -0.25) is 0 Å². The maximum atomic E-state index is 13.6. The molecule has 0 bridgehead atoms. The quantitative estimate of drug-likeness (QED) is 0.865. The van der Waals surface area contributed by atoms with E-state index in [1.807, 2.05) is 13.1 Å². The van der Waals surface area contributed by atoms with Crippen LogP contribution in [-0.4, -0.2) is 14.2 Å². The summed E-state index contributed by atoms with van der Waals surface area (Å²) in [5, 5.41) is 3.16.